The Hall–Kier alpha value is -1.07. The van der Waals surface area contributed by atoms with Crippen molar-refractivity contribution in [2.24, 2.45) is 0 Å². The van der Waals surface area contributed by atoms with Gasteiger partial charge in [0.2, 0.25) is 0 Å². The van der Waals surface area contributed by atoms with Crippen LogP contribution in [0.5, 0.6) is 0 Å². The van der Waals surface area contributed by atoms with Crippen LogP contribution >= 0.6 is 0 Å². The first-order valence-corrected chi connectivity index (χ1v) is 2.61. The van der Waals surface area contributed by atoms with Gasteiger partial charge in [-0.25, -0.2) is 4.79 Å². The number of ether oxygens (including phenoxy) is 2. The molecule has 1 atom stereocenters. The fourth-order valence-corrected chi connectivity index (χ4v) is 0.552. The van der Waals surface area contributed by atoms with Gasteiger partial charge >= 0.3 is 6.16 Å². The first-order chi connectivity index (χ1) is 4.74. The second-order valence-electron chi connectivity index (χ2n) is 1.61. The van der Waals surface area contributed by atoms with Gasteiger partial charge in [0, 0.05) is 0 Å². The molecule has 0 aliphatic carbocycles. The largest absolute Gasteiger partial charge is 0.516 e. The number of carbonyl (C=O) groups excluding carboxylic acids is 1. The van der Waals surface area contributed by atoms with Crippen LogP contribution in [0.3, 0.4) is 0 Å². The quantitative estimate of drug-likeness (QED) is 0.480. The Morgan fingerprint density at radius 3 is 2.80 bits per heavy atom. The number of hydrogen-bond acceptors (Lipinski definition) is 5. The molecule has 0 spiro atoms. The smallest absolute Gasteiger partial charge is 0.396 e. The standard InChI is InChI=1S/C5H6O5/c6-2-1-3-4(7)10-5(8)9-3/h1,4,6-7H,2H2. The second kappa shape index (κ2) is 2.68. The van der Waals surface area contributed by atoms with E-state index in [1.807, 2.05) is 0 Å². The van der Waals surface area contributed by atoms with E-state index in [1.54, 1.807) is 0 Å². The Labute approximate surface area is 56.5 Å². The summed E-state index contributed by atoms with van der Waals surface area (Å²) in [6.07, 6.45) is -1.16. The molecule has 0 bridgehead atoms. The van der Waals surface area contributed by atoms with Crippen molar-refractivity contribution in [3.05, 3.63) is 11.8 Å². The zero-order valence-electron chi connectivity index (χ0n) is 4.98. The zero-order chi connectivity index (χ0) is 7.56. The monoisotopic (exact) mass is 146 g/mol. The third kappa shape index (κ3) is 1.26. The highest BCUT2D eigenvalue weighted by Crippen LogP contribution is 2.15. The predicted molar refractivity (Wildman–Crippen MR) is 28.7 cm³/mol. The van der Waals surface area contributed by atoms with E-state index in [-0.39, 0.29) is 12.4 Å². The van der Waals surface area contributed by atoms with E-state index < -0.39 is 12.4 Å². The molecule has 1 heterocycles. The molecule has 0 aromatic rings. The molecule has 0 saturated carbocycles. The first-order valence-electron chi connectivity index (χ1n) is 2.61. The van der Waals surface area contributed by atoms with Crippen molar-refractivity contribution >= 4 is 6.16 Å². The highest BCUT2D eigenvalue weighted by Gasteiger charge is 2.28. The zero-order valence-corrected chi connectivity index (χ0v) is 4.98. The van der Waals surface area contributed by atoms with Crippen LogP contribution < -0.4 is 0 Å². The van der Waals surface area contributed by atoms with E-state index in [0.717, 1.165) is 6.08 Å². The molecule has 0 aromatic heterocycles. The minimum Gasteiger partial charge on any atom is -0.396 e. The molecule has 10 heavy (non-hydrogen) atoms. The van der Waals surface area contributed by atoms with Crippen molar-refractivity contribution in [3.63, 3.8) is 0 Å². The lowest BCUT2D eigenvalue weighted by atomic mass is 10.4. The van der Waals surface area contributed by atoms with Gasteiger partial charge in [0.1, 0.15) is 0 Å². The van der Waals surface area contributed by atoms with Crippen molar-refractivity contribution in [1.82, 2.24) is 0 Å². The number of carbonyl (C=O) groups is 1. The van der Waals surface area contributed by atoms with Gasteiger partial charge in [-0.2, -0.15) is 0 Å². The minimum atomic E-state index is -1.36. The summed E-state index contributed by atoms with van der Waals surface area (Å²) in [6.45, 7) is -0.303. The van der Waals surface area contributed by atoms with Gasteiger partial charge in [0.15, 0.2) is 5.76 Å². The normalized spacial score (nSPS) is 28.4. The highest BCUT2D eigenvalue weighted by atomic mass is 16.8. The first kappa shape index (κ1) is 7.04. The molecule has 0 aromatic carbocycles. The average molecular weight is 146 g/mol. The molecule has 1 aliphatic heterocycles. The van der Waals surface area contributed by atoms with Gasteiger partial charge in [0.25, 0.3) is 6.29 Å². The molecule has 0 radical (unpaired) electrons. The summed E-state index contributed by atoms with van der Waals surface area (Å²) < 4.78 is 8.45. The SMILES string of the molecule is O=C1OC(=CCO)C(O)O1. The summed E-state index contributed by atoms with van der Waals surface area (Å²) in [5, 5.41) is 17.0. The Kier molecular flexibility index (Phi) is 1.88. The molecule has 1 fully saturated rings. The summed E-state index contributed by atoms with van der Waals surface area (Å²) in [5.74, 6) is -0.0625. The Balaban J connectivity index is 2.63. The van der Waals surface area contributed by atoms with E-state index in [4.69, 9.17) is 10.2 Å². The van der Waals surface area contributed by atoms with Crippen molar-refractivity contribution in [2.45, 2.75) is 6.29 Å². The third-order valence-corrected chi connectivity index (χ3v) is 0.945. The summed E-state index contributed by atoms with van der Waals surface area (Å²) in [4.78, 5) is 10.2. The molecule has 2 N–H and O–H groups in total. The van der Waals surface area contributed by atoms with Crippen molar-refractivity contribution < 1.29 is 24.5 Å². The van der Waals surface area contributed by atoms with E-state index in [0.29, 0.717) is 0 Å². The van der Waals surface area contributed by atoms with Crippen molar-refractivity contribution in [1.29, 1.82) is 0 Å². The molecule has 5 heteroatoms. The molecule has 56 valence electrons. The van der Waals surface area contributed by atoms with Gasteiger partial charge in [-0.1, -0.05) is 0 Å². The fourth-order valence-electron chi connectivity index (χ4n) is 0.552. The number of aliphatic hydroxyl groups is 2. The molecule has 1 aliphatic rings. The molecule has 1 rings (SSSR count). The number of aliphatic hydroxyl groups excluding tert-OH is 2. The number of cyclic esters (lactones) is 2. The summed E-state index contributed by atoms with van der Waals surface area (Å²) in [5.41, 5.74) is 0. The lowest BCUT2D eigenvalue weighted by Gasteiger charge is -1.95. The van der Waals surface area contributed by atoms with Gasteiger partial charge in [-0.05, 0) is 6.08 Å². The Morgan fingerprint density at radius 1 is 1.70 bits per heavy atom. The minimum absolute atomic E-state index is 0.0625. The summed E-state index contributed by atoms with van der Waals surface area (Å²) in [7, 11) is 0. The molecular formula is C5H6O5. The van der Waals surface area contributed by atoms with Crippen LogP contribution in [-0.2, 0) is 9.47 Å². The third-order valence-electron chi connectivity index (χ3n) is 0.945. The number of rotatable bonds is 1. The van der Waals surface area contributed by atoms with Crippen molar-refractivity contribution in [2.75, 3.05) is 6.61 Å². The van der Waals surface area contributed by atoms with Crippen LogP contribution in [0.15, 0.2) is 11.8 Å². The van der Waals surface area contributed by atoms with E-state index in [1.165, 1.54) is 0 Å². The Bertz CT molecular complexity index is 173. The molecule has 0 amide bonds. The Morgan fingerprint density at radius 2 is 2.40 bits per heavy atom. The predicted octanol–water partition coefficient (Wildman–Crippen LogP) is -0.652. The summed E-state index contributed by atoms with van der Waals surface area (Å²) >= 11 is 0. The summed E-state index contributed by atoms with van der Waals surface area (Å²) in [6, 6.07) is 0. The molecule has 1 saturated heterocycles. The maximum absolute atomic E-state index is 10.2. The molecule has 5 nitrogen and oxygen atoms in total. The van der Waals surface area contributed by atoms with Crippen LogP contribution in [0, 0.1) is 0 Å². The average Bonchev–Trinajstić information content (AvgIpc) is 2.13. The van der Waals surface area contributed by atoms with Crippen LogP contribution in [0.1, 0.15) is 0 Å². The lowest BCUT2D eigenvalue weighted by molar-refractivity contribution is -0.000708. The van der Waals surface area contributed by atoms with Gasteiger partial charge in [-0.3, -0.25) is 0 Å². The van der Waals surface area contributed by atoms with Crippen molar-refractivity contribution in [3.8, 4) is 0 Å². The van der Waals surface area contributed by atoms with Crippen LogP contribution in [0.25, 0.3) is 0 Å². The van der Waals surface area contributed by atoms with Crippen LogP contribution in [-0.4, -0.2) is 29.3 Å². The van der Waals surface area contributed by atoms with E-state index in [2.05, 4.69) is 9.47 Å². The lowest BCUT2D eigenvalue weighted by Crippen LogP contribution is -2.05. The van der Waals surface area contributed by atoms with E-state index >= 15 is 0 Å². The topological polar surface area (TPSA) is 76.0 Å². The van der Waals surface area contributed by atoms with E-state index in [9.17, 15) is 4.79 Å². The van der Waals surface area contributed by atoms with Crippen LogP contribution in [0.2, 0.25) is 0 Å². The fraction of sp³-hybridized carbons (Fsp3) is 0.400. The highest BCUT2D eigenvalue weighted by molar-refractivity contribution is 5.64. The molecular weight excluding hydrogens is 140 g/mol. The number of hydrogen-bond donors (Lipinski definition) is 2. The van der Waals surface area contributed by atoms with Gasteiger partial charge in [0.05, 0.1) is 6.61 Å². The second-order valence-corrected chi connectivity index (χ2v) is 1.61. The van der Waals surface area contributed by atoms with Gasteiger partial charge in [-0.15, -0.1) is 0 Å². The van der Waals surface area contributed by atoms with Crippen LogP contribution in [0.4, 0.5) is 4.79 Å². The van der Waals surface area contributed by atoms with Gasteiger partial charge < -0.3 is 19.7 Å². The maximum Gasteiger partial charge on any atom is 0.516 e. The molecule has 1 unspecified atom stereocenters. The maximum atomic E-state index is 10.2.